The molecule has 7 nitrogen and oxygen atoms in total. The van der Waals surface area contributed by atoms with Gasteiger partial charge in [0, 0.05) is 18.7 Å². The van der Waals surface area contributed by atoms with Gasteiger partial charge in [-0.3, -0.25) is 10.1 Å². The van der Waals surface area contributed by atoms with E-state index in [0.717, 1.165) is 19.3 Å². The molecule has 1 saturated heterocycles. The molecule has 0 spiro atoms. The fourth-order valence-electron chi connectivity index (χ4n) is 2.72. The number of para-hydroxylation sites is 1. The molecular weight excluding hydrogens is 330 g/mol. The molecule has 1 aromatic rings. The number of sulfonamides is 1. The topological polar surface area (TPSA) is 107 Å². The average molecular weight is 350 g/mol. The SMILES string of the molecule is Cl.NCCC1CCCCN1S(=O)(=O)c1ccccc1[N+](=O)[O-]. The Morgan fingerprint density at radius 2 is 2.00 bits per heavy atom. The molecule has 1 aliphatic rings. The Labute approximate surface area is 136 Å². The van der Waals surface area contributed by atoms with Gasteiger partial charge in [0.25, 0.3) is 5.69 Å². The maximum atomic E-state index is 12.8. The summed E-state index contributed by atoms with van der Waals surface area (Å²) in [6.07, 6.45) is 3.03. The van der Waals surface area contributed by atoms with Crippen LogP contribution in [0, 0.1) is 10.1 Å². The van der Waals surface area contributed by atoms with Crippen molar-refractivity contribution in [1.82, 2.24) is 4.31 Å². The van der Waals surface area contributed by atoms with Crippen LogP contribution < -0.4 is 5.73 Å². The second-order valence-electron chi connectivity index (χ2n) is 5.07. The lowest BCUT2D eigenvalue weighted by atomic mass is 10.0. The Morgan fingerprint density at radius 1 is 1.32 bits per heavy atom. The Balaban J connectivity index is 0.00000242. The number of nitro groups is 1. The van der Waals surface area contributed by atoms with E-state index in [2.05, 4.69) is 0 Å². The lowest BCUT2D eigenvalue weighted by Crippen LogP contribution is -2.44. The summed E-state index contributed by atoms with van der Waals surface area (Å²) in [5, 5.41) is 11.1. The summed E-state index contributed by atoms with van der Waals surface area (Å²) in [6.45, 7) is 0.784. The molecular formula is C13H20ClN3O4S. The highest BCUT2D eigenvalue weighted by atomic mass is 35.5. The van der Waals surface area contributed by atoms with Crippen LogP contribution in [-0.2, 0) is 10.0 Å². The van der Waals surface area contributed by atoms with Crippen LogP contribution in [0.3, 0.4) is 0 Å². The van der Waals surface area contributed by atoms with Crippen molar-refractivity contribution < 1.29 is 13.3 Å². The number of hydrogen-bond donors (Lipinski definition) is 1. The maximum Gasteiger partial charge on any atom is 0.289 e. The van der Waals surface area contributed by atoms with Crippen molar-refractivity contribution in [3.63, 3.8) is 0 Å². The zero-order chi connectivity index (χ0) is 15.5. The zero-order valence-electron chi connectivity index (χ0n) is 12.1. The van der Waals surface area contributed by atoms with Crippen molar-refractivity contribution in [2.45, 2.75) is 36.6 Å². The second kappa shape index (κ2) is 7.87. The van der Waals surface area contributed by atoms with Gasteiger partial charge in [-0.1, -0.05) is 18.6 Å². The largest absolute Gasteiger partial charge is 0.330 e. The third-order valence-corrected chi connectivity index (χ3v) is 5.72. The Morgan fingerprint density at radius 3 is 2.64 bits per heavy atom. The predicted octanol–water partition coefficient (Wildman–Crippen LogP) is 1.91. The van der Waals surface area contributed by atoms with Gasteiger partial charge in [-0.25, -0.2) is 8.42 Å². The summed E-state index contributed by atoms with van der Waals surface area (Å²) in [5.41, 5.74) is 5.17. The first kappa shape index (κ1) is 18.8. The maximum absolute atomic E-state index is 12.8. The van der Waals surface area contributed by atoms with E-state index in [1.165, 1.54) is 28.6 Å². The number of rotatable bonds is 5. The van der Waals surface area contributed by atoms with E-state index in [1.54, 1.807) is 0 Å². The molecule has 0 radical (unpaired) electrons. The molecule has 0 aromatic heterocycles. The minimum Gasteiger partial charge on any atom is -0.330 e. The monoisotopic (exact) mass is 349 g/mol. The number of nitro benzene ring substituents is 1. The highest BCUT2D eigenvalue weighted by Crippen LogP contribution is 2.31. The van der Waals surface area contributed by atoms with Gasteiger partial charge in [0.15, 0.2) is 4.90 Å². The molecule has 0 saturated carbocycles. The minimum absolute atomic E-state index is 0. The second-order valence-corrected chi connectivity index (χ2v) is 6.93. The molecule has 0 bridgehead atoms. The van der Waals surface area contributed by atoms with E-state index < -0.39 is 14.9 Å². The summed E-state index contributed by atoms with van der Waals surface area (Å²) >= 11 is 0. The van der Waals surface area contributed by atoms with Crippen molar-refractivity contribution in [3.8, 4) is 0 Å². The Kier molecular flexibility index (Phi) is 6.73. The van der Waals surface area contributed by atoms with Crippen molar-refractivity contribution >= 4 is 28.1 Å². The number of hydrogen-bond acceptors (Lipinski definition) is 5. The molecule has 0 aliphatic carbocycles. The van der Waals surface area contributed by atoms with Crippen LogP contribution in [0.4, 0.5) is 5.69 Å². The summed E-state index contributed by atoms with van der Waals surface area (Å²) in [4.78, 5) is 10.2. The van der Waals surface area contributed by atoms with E-state index in [1.807, 2.05) is 0 Å². The van der Waals surface area contributed by atoms with Crippen LogP contribution in [0.15, 0.2) is 29.2 Å². The van der Waals surface area contributed by atoms with Crippen LogP contribution in [-0.4, -0.2) is 36.8 Å². The number of nitrogens with two attached hydrogens (primary N) is 1. The van der Waals surface area contributed by atoms with Crippen LogP contribution in [0.25, 0.3) is 0 Å². The molecule has 0 amide bonds. The van der Waals surface area contributed by atoms with E-state index >= 15 is 0 Å². The fourth-order valence-corrected chi connectivity index (χ4v) is 4.61. The summed E-state index contributed by atoms with van der Waals surface area (Å²) < 4.78 is 26.9. The lowest BCUT2D eigenvalue weighted by Gasteiger charge is -2.34. The highest BCUT2D eigenvalue weighted by Gasteiger charge is 2.36. The van der Waals surface area contributed by atoms with Crippen LogP contribution in [0.2, 0.25) is 0 Å². The first-order chi connectivity index (χ1) is 9.98. The molecule has 1 unspecified atom stereocenters. The zero-order valence-corrected chi connectivity index (χ0v) is 13.7. The molecule has 1 atom stereocenters. The molecule has 2 rings (SSSR count). The smallest absolute Gasteiger partial charge is 0.289 e. The molecule has 2 N–H and O–H groups in total. The first-order valence-electron chi connectivity index (χ1n) is 6.94. The van der Waals surface area contributed by atoms with Crippen molar-refractivity contribution in [3.05, 3.63) is 34.4 Å². The normalized spacial score (nSPS) is 19.4. The molecule has 1 fully saturated rings. The lowest BCUT2D eigenvalue weighted by molar-refractivity contribution is -0.387. The Bertz CT molecular complexity index is 621. The molecule has 1 aliphatic heterocycles. The predicted molar refractivity (Wildman–Crippen MR) is 85.5 cm³/mol. The van der Waals surface area contributed by atoms with Gasteiger partial charge in [0.1, 0.15) is 0 Å². The van der Waals surface area contributed by atoms with Crippen molar-refractivity contribution in [2.24, 2.45) is 5.73 Å². The number of halogens is 1. The van der Waals surface area contributed by atoms with E-state index in [9.17, 15) is 18.5 Å². The van der Waals surface area contributed by atoms with Gasteiger partial charge >= 0.3 is 0 Å². The quantitative estimate of drug-likeness (QED) is 0.645. The first-order valence-corrected chi connectivity index (χ1v) is 8.38. The van der Waals surface area contributed by atoms with E-state index in [4.69, 9.17) is 5.73 Å². The van der Waals surface area contributed by atoms with E-state index in [-0.39, 0.29) is 29.0 Å². The highest BCUT2D eigenvalue weighted by molar-refractivity contribution is 7.89. The third kappa shape index (κ3) is 3.75. The average Bonchev–Trinajstić information content (AvgIpc) is 2.48. The Hall–Kier alpha value is -1.22. The molecule has 22 heavy (non-hydrogen) atoms. The molecule has 124 valence electrons. The number of nitrogens with zero attached hydrogens (tertiary/aromatic N) is 2. The molecule has 1 aromatic carbocycles. The van der Waals surface area contributed by atoms with Gasteiger partial charge in [-0.2, -0.15) is 4.31 Å². The van der Waals surface area contributed by atoms with Crippen LogP contribution >= 0.6 is 12.4 Å². The fraction of sp³-hybridized carbons (Fsp3) is 0.538. The molecule has 1 heterocycles. The van der Waals surface area contributed by atoms with Gasteiger partial charge < -0.3 is 5.73 Å². The van der Waals surface area contributed by atoms with Crippen molar-refractivity contribution in [1.29, 1.82) is 0 Å². The summed E-state index contributed by atoms with van der Waals surface area (Å²) in [6, 6.07) is 5.30. The van der Waals surface area contributed by atoms with Gasteiger partial charge in [-0.05, 0) is 31.9 Å². The van der Waals surface area contributed by atoms with Gasteiger partial charge in [0.2, 0.25) is 10.0 Å². The number of benzene rings is 1. The van der Waals surface area contributed by atoms with Gasteiger partial charge in [-0.15, -0.1) is 12.4 Å². The van der Waals surface area contributed by atoms with Crippen LogP contribution in [0.1, 0.15) is 25.7 Å². The standard InChI is InChI=1S/C13H19N3O4S.ClH/c14-9-8-11-5-3-4-10-15(11)21(19,20)13-7-2-1-6-12(13)16(17)18;/h1-2,6-7,11H,3-5,8-10,14H2;1H. The summed E-state index contributed by atoms with van der Waals surface area (Å²) in [5.74, 6) is 0. The van der Waals surface area contributed by atoms with E-state index in [0.29, 0.717) is 19.5 Å². The molecule has 9 heteroatoms. The van der Waals surface area contributed by atoms with Crippen LogP contribution in [0.5, 0.6) is 0 Å². The van der Waals surface area contributed by atoms with Gasteiger partial charge in [0.05, 0.1) is 4.92 Å². The minimum atomic E-state index is -3.87. The summed E-state index contributed by atoms with van der Waals surface area (Å²) in [7, 11) is -3.87. The number of piperidine rings is 1. The third-order valence-electron chi connectivity index (χ3n) is 3.72. The van der Waals surface area contributed by atoms with Crippen molar-refractivity contribution in [2.75, 3.05) is 13.1 Å².